The Bertz CT molecular complexity index is 1030. The molecule has 2 N–H and O–H groups in total. The maximum Gasteiger partial charge on any atom is 0.152 e. The third-order valence-electron chi connectivity index (χ3n) is 5.83. The summed E-state index contributed by atoms with van der Waals surface area (Å²) >= 11 is 0. The van der Waals surface area contributed by atoms with Crippen molar-refractivity contribution >= 4 is 33.5 Å². The number of fused-ring (bicyclic) bond motifs is 3. The average molecular weight is 440 g/mol. The minimum atomic E-state index is 0.175. The van der Waals surface area contributed by atoms with Crippen molar-refractivity contribution in [2.45, 2.75) is 58.9 Å². The number of benzene rings is 1. The van der Waals surface area contributed by atoms with Crippen LogP contribution in [0.15, 0.2) is 24.3 Å². The Morgan fingerprint density at radius 2 is 1.94 bits per heavy atom. The summed E-state index contributed by atoms with van der Waals surface area (Å²) in [4.78, 5) is 22.7. The highest BCUT2D eigenvalue weighted by molar-refractivity contribution is 6.06. The molecule has 0 radical (unpaired) electrons. The van der Waals surface area contributed by atoms with E-state index in [1.54, 1.807) is 6.92 Å². The maximum absolute atomic E-state index is 11.0. The standard InChI is InChI=1S/C25H37N5O2/c1-4-5-12-22-28-23-24(20-10-6-7-11-21(20)27-25(23)26)30(22)15-9-8-14-29(3)16-18-32-17-13-19(2)31/h6-7,10-11H,4-5,8-9,12-18H2,1-3H3,(H2,26,27). The van der Waals surface area contributed by atoms with Crippen molar-refractivity contribution in [1.82, 2.24) is 19.4 Å². The van der Waals surface area contributed by atoms with E-state index >= 15 is 0 Å². The Morgan fingerprint density at radius 1 is 1.12 bits per heavy atom. The fourth-order valence-corrected chi connectivity index (χ4v) is 3.97. The number of anilines is 1. The second-order valence-electron chi connectivity index (χ2n) is 8.57. The number of pyridine rings is 1. The summed E-state index contributed by atoms with van der Waals surface area (Å²) in [6, 6.07) is 8.18. The van der Waals surface area contributed by atoms with Gasteiger partial charge in [-0.3, -0.25) is 4.79 Å². The molecule has 0 saturated carbocycles. The molecule has 0 aliphatic carbocycles. The minimum absolute atomic E-state index is 0.175. The van der Waals surface area contributed by atoms with E-state index < -0.39 is 0 Å². The van der Waals surface area contributed by atoms with Gasteiger partial charge >= 0.3 is 0 Å². The van der Waals surface area contributed by atoms with Crippen LogP contribution in [0.2, 0.25) is 0 Å². The summed E-state index contributed by atoms with van der Waals surface area (Å²) in [6.45, 7) is 7.79. The van der Waals surface area contributed by atoms with Gasteiger partial charge in [0.15, 0.2) is 5.82 Å². The number of carbonyl (C=O) groups excluding carboxylic acids is 1. The number of carbonyl (C=O) groups is 1. The highest BCUT2D eigenvalue weighted by atomic mass is 16.5. The Kier molecular flexibility index (Phi) is 9.00. The predicted molar refractivity (Wildman–Crippen MR) is 131 cm³/mol. The zero-order valence-corrected chi connectivity index (χ0v) is 19.8. The van der Waals surface area contributed by atoms with Crippen LogP contribution in [0.5, 0.6) is 0 Å². The average Bonchev–Trinajstić information content (AvgIpc) is 3.14. The number of nitrogen functional groups attached to an aromatic ring is 1. The fraction of sp³-hybridized carbons (Fsp3) is 0.560. The first-order chi connectivity index (χ1) is 15.5. The molecule has 0 amide bonds. The van der Waals surface area contributed by atoms with Gasteiger partial charge < -0.3 is 19.9 Å². The van der Waals surface area contributed by atoms with Gasteiger partial charge in [0, 0.05) is 31.3 Å². The number of rotatable bonds is 14. The van der Waals surface area contributed by atoms with Gasteiger partial charge in [-0.05, 0) is 45.8 Å². The van der Waals surface area contributed by atoms with Gasteiger partial charge in [0.25, 0.3) is 0 Å². The number of imidazole rings is 1. The Balaban J connectivity index is 1.64. The van der Waals surface area contributed by atoms with Crippen molar-refractivity contribution in [3.63, 3.8) is 0 Å². The molecule has 32 heavy (non-hydrogen) atoms. The van der Waals surface area contributed by atoms with Crippen molar-refractivity contribution in [2.75, 3.05) is 39.1 Å². The maximum atomic E-state index is 11.0. The summed E-state index contributed by atoms with van der Waals surface area (Å²) in [6.07, 6.45) is 5.86. The highest BCUT2D eigenvalue weighted by Gasteiger charge is 2.16. The van der Waals surface area contributed by atoms with E-state index in [1.165, 1.54) is 0 Å². The zero-order valence-electron chi connectivity index (χ0n) is 19.8. The van der Waals surface area contributed by atoms with Crippen LogP contribution in [0.3, 0.4) is 0 Å². The number of nitrogens with two attached hydrogens (primary N) is 1. The van der Waals surface area contributed by atoms with Crippen molar-refractivity contribution < 1.29 is 9.53 Å². The SMILES string of the molecule is CCCCc1nc2c(N)nc3ccccc3c2n1CCCCN(C)CCOCCC(C)=O. The molecule has 3 rings (SSSR count). The summed E-state index contributed by atoms with van der Waals surface area (Å²) < 4.78 is 7.91. The number of ketones is 1. The van der Waals surface area contributed by atoms with E-state index in [1.807, 2.05) is 12.1 Å². The van der Waals surface area contributed by atoms with Gasteiger partial charge in [0.2, 0.25) is 0 Å². The second-order valence-corrected chi connectivity index (χ2v) is 8.57. The molecule has 2 heterocycles. The van der Waals surface area contributed by atoms with Gasteiger partial charge in [-0.25, -0.2) is 9.97 Å². The summed E-state index contributed by atoms with van der Waals surface area (Å²) in [5, 5.41) is 1.12. The number of Topliss-reactive ketones (excluding diaryl/α,β-unsaturated/α-hetero) is 1. The van der Waals surface area contributed by atoms with Crippen molar-refractivity contribution in [2.24, 2.45) is 0 Å². The third-order valence-corrected chi connectivity index (χ3v) is 5.83. The van der Waals surface area contributed by atoms with Crippen LogP contribution >= 0.6 is 0 Å². The molecule has 0 aliphatic heterocycles. The van der Waals surface area contributed by atoms with Crippen molar-refractivity contribution in [3.8, 4) is 0 Å². The van der Waals surface area contributed by atoms with Crippen LogP contribution in [-0.2, 0) is 22.5 Å². The molecule has 7 nitrogen and oxygen atoms in total. The quantitative estimate of drug-likeness (QED) is 0.379. The topological polar surface area (TPSA) is 86.3 Å². The summed E-state index contributed by atoms with van der Waals surface area (Å²) in [7, 11) is 2.12. The van der Waals surface area contributed by atoms with Crippen molar-refractivity contribution in [3.05, 3.63) is 30.1 Å². The number of likely N-dealkylation sites (N-methyl/N-ethyl adjacent to an activating group) is 1. The Morgan fingerprint density at radius 3 is 2.72 bits per heavy atom. The number of ether oxygens (including phenoxy) is 1. The van der Waals surface area contributed by atoms with Gasteiger partial charge in [0.05, 0.1) is 24.2 Å². The lowest BCUT2D eigenvalue weighted by Crippen LogP contribution is -2.25. The van der Waals surface area contributed by atoms with Crippen LogP contribution in [0.1, 0.15) is 51.8 Å². The molecule has 174 valence electrons. The van der Waals surface area contributed by atoms with Crippen LogP contribution < -0.4 is 5.73 Å². The molecule has 1 aromatic carbocycles. The number of aryl methyl sites for hydroxylation is 2. The molecule has 0 bridgehead atoms. The summed E-state index contributed by atoms with van der Waals surface area (Å²) in [5.41, 5.74) is 9.16. The number of nitrogens with zero attached hydrogens (tertiary/aromatic N) is 4. The number of hydrogen-bond acceptors (Lipinski definition) is 6. The molecule has 3 aromatic rings. The van der Waals surface area contributed by atoms with E-state index in [4.69, 9.17) is 15.5 Å². The first kappa shape index (κ1) is 24.1. The largest absolute Gasteiger partial charge is 0.382 e. The normalized spacial score (nSPS) is 11.8. The molecule has 0 spiro atoms. The van der Waals surface area contributed by atoms with E-state index in [-0.39, 0.29) is 5.78 Å². The second kappa shape index (κ2) is 11.9. The molecular weight excluding hydrogens is 402 g/mol. The number of para-hydroxylation sites is 1. The third kappa shape index (κ3) is 6.26. The first-order valence-electron chi connectivity index (χ1n) is 11.8. The fourth-order valence-electron chi connectivity index (χ4n) is 3.97. The Hall–Kier alpha value is -2.51. The molecule has 0 fully saturated rings. The smallest absolute Gasteiger partial charge is 0.152 e. The molecule has 7 heteroatoms. The van der Waals surface area contributed by atoms with Crippen LogP contribution in [0.25, 0.3) is 21.9 Å². The van der Waals surface area contributed by atoms with Gasteiger partial charge in [0.1, 0.15) is 17.1 Å². The first-order valence-corrected chi connectivity index (χ1v) is 11.8. The predicted octanol–water partition coefficient (Wildman–Crippen LogP) is 4.22. The molecule has 0 unspecified atom stereocenters. The van der Waals surface area contributed by atoms with Gasteiger partial charge in [-0.15, -0.1) is 0 Å². The molecule has 0 aliphatic rings. The Labute approximate surface area is 191 Å². The zero-order chi connectivity index (χ0) is 22.9. The molecule has 0 atom stereocenters. The molecule has 2 aromatic heterocycles. The van der Waals surface area contributed by atoms with E-state index in [2.05, 4.69) is 40.6 Å². The minimum Gasteiger partial charge on any atom is -0.382 e. The molecular formula is C25H37N5O2. The van der Waals surface area contributed by atoms with E-state index in [9.17, 15) is 4.79 Å². The van der Waals surface area contributed by atoms with Gasteiger partial charge in [-0.1, -0.05) is 31.5 Å². The van der Waals surface area contributed by atoms with Crippen LogP contribution in [-0.4, -0.2) is 58.6 Å². The van der Waals surface area contributed by atoms with Crippen LogP contribution in [0, 0.1) is 0 Å². The van der Waals surface area contributed by atoms with E-state index in [0.29, 0.717) is 25.5 Å². The highest BCUT2D eigenvalue weighted by Crippen LogP contribution is 2.29. The lowest BCUT2D eigenvalue weighted by molar-refractivity contribution is -0.118. The van der Waals surface area contributed by atoms with Crippen LogP contribution in [0.4, 0.5) is 5.82 Å². The summed E-state index contributed by atoms with van der Waals surface area (Å²) in [5.74, 6) is 1.80. The lowest BCUT2D eigenvalue weighted by atomic mass is 10.1. The van der Waals surface area contributed by atoms with Gasteiger partial charge in [-0.2, -0.15) is 0 Å². The number of hydrogen-bond donors (Lipinski definition) is 1. The van der Waals surface area contributed by atoms with Crippen molar-refractivity contribution in [1.29, 1.82) is 0 Å². The lowest BCUT2D eigenvalue weighted by Gasteiger charge is -2.17. The number of unbranched alkanes of at least 4 members (excludes halogenated alkanes) is 2. The monoisotopic (exact) mass is 439 g/mol. The molecule has 0 saturated heterocycles. The number of aromatic nitrogens is 3. The van der Waals surface area contributed by atoms with E-state index in [0.717, 1.165) is 79.5 Å².